The Hall–Kier alpha value is -2.84. The predicted molar refractivity (Wildman–Crippen MR) is 147 cm³/mol. The number of rotatable bonds is 7. The fourth-order valence-electron chi connectivity index (χ4n) is 3.29. The number of nitrogens with one attached hydrogen (secondary N) is 2. The Kier molecular flexibility index (Phi) is 8.13. The molecule has 4 aromatic rings. The van der Waals surface area contributed by atoms with Crippen LogP contribution in [-0.4, -0.2) is 22.0 Å². The molecule has 0 aliphatic rings. The highest BCUT2D eigenvalue weighted by atomic mass is 35.5. The number of benzene rings is 3. The zero-order valence-corrected chi connectivity index (χ0v) is 22.0. The van der Waals surface area contributed by atoms with Crippen molar-refractivity contribution in [3.63, 3.8) is 0 Å². The highest BCUT2D eigenvalue weighted by Gasteiger charge is 2.18. The van der Waals surface area contributed by atoms with E-state index in [1.54, 1.807) is 24.3 Å². The van der Waals surface area contributed by atoms with Crippen LogP contribution in [0.15, 0.2) is 77.0 Å². The number of anilines is 2. The van der Waals surface area contributed by atoms with Gasteiger partial charge in [-0.25, -0.2) is 4.98 Å². The van der Waals surface area contributed by atoms with Crippen LogP contribution in [0.1, 0.15) is 22.8 Å². The molecule has 1 atom stereocenters. The van der Waals surface area contributed by atoms with E-state index in [-0.39, 0.29) is 17.1 Å². The van der Waals surface area contributed by atoms with E-state index in [0.717, 1.165) is 16.0 Å². The summed E-state index contributed by atoms with van der Waals surface area (Å²) in [5, 5.41) is 8.78. The fraction of sp³-hybridized carbons (Fsp3) is 0.115. The SMILES string of the molecule is Cc1ccccc1C(=O)Nc1cccc(SC(C)C(=O)Nc2nc(-c3ccc(Cl)cc3Cl)cs2)c1. The van der Waals surface area contributed by atoms with Crippen LogP contribution >= 0.6 is 46.3 Å². The first-order valence-electron chi connectivity index (χ1n) is 10.7. The van der Waals surface area contributed by atoms with Crippen LogP contribution in [0.4, 0.5) is 10.8 Å². The Morgan fingerprint density at radius 1 is 1.00 bits per heavy atom. The van der Waals surface area contributed by atoms with E-state index in [4.69, 9.17) is 23.2 Å². The average molecular weight is 543 g/mol. The molecule has 0 aliphatic carbocycles. The second-order valence-electron chi connectivity index (χ2n) is 7.71. The van der Waals surface area contributed by atoms with Crippen molar-refractivity contribution >= 4 is 68.9 Å². The second-order valence-corrected chi connectivity index (χ2v) is 10.8. The zero-order chi connectivity index (χ0) is 24.9. The van der Waals surface area contributed by atoms with E-state index < -0.39 is 0 Å². The normalized spacial score (nSPS) is 11.7. The third-order valence-electron chi connectivity index (χ3n) is 5.11. The predicted octanol–water partition coefficient (Wildman–Crippen LogP) is 7.80. The van der Waals surface area contributed by atoms with Crippen molar-refractivity contribution in [1.82, 2.24) is 4.98 Å². The van der Waals surface area contributed by atoms with Crippen LogP contribution in [0.5, 0.6) is 0 Å². The first-order valence-corrected chi connectivity index (χ1v) is 13.2. The largest absolute Gasteiger partial charge is 0.322 e. The molecule has 1 unspecified atom stereocenters. The van der Waals surface area contributed by atoms with Gasteiger partial charge in [0.15, 0.2) is 5.13 Å². The minimum atomic E-state index is -0.385. The number of hydrogen-bond donors (Lipinski definition) is 2. The van der Waals surface area contributed by atoms with Gasteiger partial charge in [-0.2, -0.15) is 0 Å². The Labute approximate surface area is 221 Å². The van der Waals surface area contributed by atoms with Crippen molar-refractivity contribution in [2.45, 2.75) is 24.0 Å². The number of aromatic nitrogens is 1. The van der Waals surface area contributed by atoms with Crippen molar-refractivity contribution in [2.24, 2.45) is 0 Å². The topological polar surface area (TPSA) is 71.1 Å². The maximum absolute atomic E-state index is 12.8. The van der Waals surface area contributed by atoms with Gasteiger partial charge in [-0.3, -0.25) is 9.59 Å². The van der Waals surface area contributed by atoms with Gasteiger partial charge in [0.25, 0.3) is 5.91 Å². The van der Waals surface area contributed by atoms with Crippen LogP contribution in [0.25, 0.3) is 11.3 Å². The molecule has 0 radical (unpaired) electrons. The Balaban J connectivity index is 1.38. The molecule has 178 valence electrons. The van der Waals surface area contributed by atoms with Gasteiger partial charge >= 0.3 is 0 Å². The van der Waals surface area contributed by atoms with E-state index in [2.05, 4.69) is 15.6 Å². The number of hydrogen-bond acceptors (Lipinski definition) is 5. The average Bonchev–Trinajstić information content (AvgIpc) is 3.27. The Bertz CT molecular complexity index is 1390. The molecule has 2 amide bonds. The Morgan fingerprint density at radius 2 is 1.80 bits per heavy atom. The van der Waals surface area contributed by atoms with Crippen LogP contribution in [-0.2, 0) is 4.79 Å². The first kappa shape index (κ1) is 25.3. The first-order chi connectivity index (χ1) is 16.8. The Morgan fingerprint density at radius 3 is 2.57 bits per heavy atom. The molecule has 0 bridgehead atoms. The lowest BCUT2D eigenvalue weighted by Gasteiger charge is -2.12. The minimum Gasteiger partial charge on any atom is -0.322 e. The van der Waals surface area contributed by atoms with Crippen molar-refractivity contribution in [1.29, 1.82) is 0 Å². The molecule has 0 saturated heterocycles. The van der Waals surface area contributed by atoms with Gasteiger partial charge in [-0.1, -0.05) is 47.5 Å². The number of thioether (sulfide) groups is 1. The molecule has 4 rings (SSSR count). The number of carbonyl (C=O) groups excluding carboxylic acids is 2. The molecule has 0 fully saturated rings. The van der Waals surface area contributed by atoms with Gasteiger partial charge in [0.1, 0.15) is 0 Å². The van der Waals surface area contributed by atoms with Crippen LogP contribution in [0.3, 0.4) is 0 Å². The van der Waals surface area contributed by atoms with Crippen molar-refractivity contribution in [3.8, 4) is 11.3 Å². The zero-order valence-electron chi connectivity index (χ0n) is 18.8. The number of amides is 2. The van der Waals surface area contributed by atoms with Crippen molar-refractivity contribution in [2.75, 3.05) is 10.6 Å². The van der Waals surface area contributed by atoms with E-state index in [9.17, 15) is 9.59 Å². The second kappa shape index (κ2) is 11.3. The molecule has 3 aromatic carbocycles. The summed E-state index contributed by atoms with van der Waals surface area (Å²) < 4.78 is 0. The summed E-state index contributed by atoms with van der Waals surface area (Å²) >= 11 is 15.0. The summed E-state index contributed by atoms with van der Waals surface area (Å²) in [5.74, 6) is -0.344. The van der Waals surface area contributed by atoms with Crippen molar-refractivity contribution < 1.29 is 9.59 Å². The van der Waals surface area contributed by atoms with Gasteiger partial charge in [0.05, 0.1) is 16.0 Å². The number of aryl methyl sites for hydroxylation is 1. The lowest BCUT2D eigenvalue weighted by molar-refractivity contribution is -0.115. The highest BCUT2D eigenvalue weighted by Crippen LogP contribution is 2.33. The summed E-state index contributed by atoms with van der Waals surface area (Å²) in [6, 6.07) is 20.1. The molecule has 35 heavy (non-hydrogen) atoms. The van der Waals surface area contributed by atoms with Crippen molar-refractivity contribution in [3.05, 3.63) is 93.3 Å². The fourth-order valence-corrected chi connectivity index (χ4v) is 5.44. The summed E-state index contributed by atoms with van der Waals surface area (Å²) in [4.78, 5) is 30.7. The maximum atomic E-state index is 12.8. The molecule has 1 aromatic heterocycles. The number of nitrogens with zero attached hydrogens (tertiary/aromatic N) is 1. The molecule has 0 spiro atoms. The minimum absolute atomic E-state index is 0.170. The molecular weight excluding hydrogens is 521 g/mol. The van der Waals surface area contributed by atoms with E-state index >= 15 is 0 Å². The van der Waals surface area contributed by atoms with Crippen LogP contribution in [0.2, 0.25) is 10.0 Å². The quantitative estimate of drug-likeness (QED) is 0.234. The number of carbonyl (C=O) groups is 2. The smallest absolute Gasteiger partial charge is 0.255 e. The van der Waals surface area contributed by atoms with Crippen LogP contribution in [0, 0.1) is 6.92 Å². The van der Waals surface area contributed by atoms with E-state index in [0.29, 0.717) is 32.1 Å². The molecule has 0 aliphatic heterocycles. The highest BCUT2D eigenvalue weighted by molar-refractivity contribution is 8.00. The standard InChI is InChI=1S/C26H21Cl2N3O2S2/c1-15-6-3-4-9-20(15)25(33)29-18-7-5-8-19(13-18)35-16(2)24(32)31-26-30-23(14-34-26)21-11-10-17(27)12-22(21)28/h3-14,16H,1-2H3,(H,29,33)(H,30,31,32). The van der Waals surface area contributed by atoms with Gasteiger partial charge in [-0.05, 0) is 61.9 Å². The molecule has 5 nitrogen and oxygen atoms in total. The molecular formula is C26H21Cl2N3O2S2. The van der Waals surface area contributed by atoms with Crippen LogP contribution < -0.4 is 10.6 Å². The molecule has 9 heteroatoms. The third-order valence-corrected chi connectivity index (χ3v) is 7.50. The molecule has 1 heterocycles. The summed E-state index contributed by atoms with van der Waals surface area (Å²) in [5.41, 5.74) is 3.62. The third kappa shape index (κ3) is 6.44. The van der Waals surface area contributed by atoms with Gasteiger partial charge in [0.2, 0.25) is 5.91 Å². The number of thiazole rings is 1. The van der Waals surface area contributed by atoms with E-state index in [1.807, 2.05) is 61.7 Å². The summed E-state index contributed by atoms with van der Waals surface area (Å²) in [7, 11) is 0. The summed E-state index contributed by atoms with van der Waals surface area (Å²) in [6.45, 7) is 3.72. The van der Waals surface area contributed by atoms with Gasteiger partial charge in [0, 0.05) is 32.1 Å². The van der Waals surface area contributed by atoms with Gasteiger partial charge < -0.3 is 10.6 Å². The lowest BCUT2D eigenvalue weighted by Crippen LogP contribution is -2.22. The summed E-state index contributed by atoms with van der Waals surface area (Å²) in [6.07, 6.45) is 0. The van der Waals surface area contributed by atoms with Gasteiger partial charge in [-0.15, -0.1) is 23.1 Å². The maximum Gasteiger partial charge on any atom is 0.255 e. The monoisotopic (exact) mass is 541 g/mol. The molecule has 2 N–H and O–H groups in total. The number of halogens is 2. The lowest BCUT2D eigenvalue weighted by atomic mass is 10.1. The van der Waals surface area contributed by atoms with E-state index in [1.165, 1.54) is 23.1 Å². The molecule has 0 saturated carbocycles.